The highest BCUT2D eigenvalue weighted by Crippen LogP contribution is 1.77. The van der Waals surface area contributed by atoms with Crippen LogP contribution in [0.3, 0.4) is 0 Å². The van der Waals surface area contributed by atoms with Crippen molar-refractivity contribution in [3.05, 3.63) is 12.2 Å². The Morgan fingerprint density at radius 3 is 2.78 bits per heavy atom. The SMILES string of the molecule is CC=CC(=O)O[SiH2]OC. The van der Waals surface area contributed by atoms with Gasteiger partial charge in [0.05, 0.1) is 0 Å². The lowest BCUT2D eigenvalue weighted by Gasteiger charge is -1.96. The summed E-state index contributed by atoms with van der Waals surface area (Å²) in [4.78, 5) is 10.4. The smallest absolute Gasteiger partial charge is 0.369 e. The van der Waals surface area contributed by atoms with Gasteiger partial charge in [0.15, 0.2) is 0 Å². The topological polar surface area (TPSA) is 35.5 Å². The molecule has 0 N–H and O–H groups in total. The molecule has 3 nitrogen and oxygen atoms in total. The van der Waals surface area contributed by atoms with E-state index < -0.39 is 10.0 Å². The van der Waals surface area contributed by atoms with Gasteiger partial charge in [-0.3, -0.25) is 0 Å². The first kappa shape index (κ1) is 8.39. The van der Waals surface area contributed by atoms with E-state index in [1.807, 2.05) is 0 Å². The molecule has 0 aromatic rings. The molecule has 0 aliphatic heterocycles. The minimum absolute atomic E-state index is 0.314. The summed E-state index contributed by atoms with van der Waals surface area (Å²) < 4.78 is 9.24. The molecular weight excluding hydrogens is 136 g/mol. The summed E-state index contributed by atoms with van der Waals surface area (Å²) in [6.07, 6.45) is 3.00. The molecule has 0 saturated heterocycles. The molecule has 0 aliphatic carbocycles. The lowest BCUT2D eigenvalue weighted by molar-refractivity contribution is -0.129. The third-order valence-electron chi connectivity index (χ3n) is 0.622. The van der Waals surface area contributed by atoms with E-state index in [1.165, 1.54) is 13.2 Å². The van der Waals surface area contributed by atoms with Crippen LogP contribution in [-0.2, 0) is 13.6 Å². The zero-order chi connectivity index (χ0) is 7.11. The number of rotatable bonds is 3. The maximum atomic E-state index is 10.4. The van der Waals surface area contributed by atoms with Gasteiger partial charge in [0.25, 0.3) is 0 Å². The average molecular weight is 146 g/mol. The van der Waals surface area contributed by atoms with Crippen molar-refractivity contribution in [2.45, 2.75) is 6.92 Å². The van der Waals surface area contributed by atoms with Gasteiger partial charge in [-0.1, -0.05) is 6.08 Å². The highest BCUT2D eigenvalue weighted by Gasteiger charge is 1.92. The second-order valence-electron chi connectivity index (χ2n) is 1.37. The molecular formula is C5H10O3Si. The van der Waals surface area contributed by atoms with Crippen molar-refractivity contribution in [3.8, 4) is 0 Å². The zero-order valence-corrected chi connectivity index (χ0v) is 7.00. The number of allylic oxidation sites excluding steroid dienone is 1. The number of carbonyl (C=O) groups is 1. The Balaban J connectivity index is 3.27. The molecule has 0 unspecified atom stereocenters. The van der Waals surface area contributed by atoms with E-state index in [1.54, 1.807) is 13.0 Å². The first-order valence-corrected chi connectivity index (χ1v) is 3.75. The van der Waals surface area contributed by atoms with Crippen molar-refractivity contribution in [1.82, 2.24) is 0 Å². The Kier molecular flexibility index (Phi) is 5.15. The highest BCUT2D eigenvalue weighted by atomic mass is 28.3. The maximum Gasteiger partial charge on any atom is 0.369 e. The fraction of sp³-hybridized carbons (Fsp3) is 0.400. The summed E-state index contributed by atoms with van der Waals surface area (Å²) in [5.74, 6) is -0.314. The molecule has 0 fully saturated rings. The monoisotopic (exact) mass is 146 g/mol. The molecule has 0 heterocycles. The van der Waals surface area contributed by atoms with Gasteiger partial charge in [0.1, 0.15) is 0 Å². The summed E-state index contributed by atoms with van der Waals surface area (Å²) in [5.41, 5.74) is 0. The normalized spacial score (nSPS) is 11.3. The van der Waals surface area contributed by atoms with Gasteiger partial charge in [-0.05, 0) is 6.92 Å². The summed E-state index contributed by atoms with van der Waals surface area (Å²) >= 11 is 0. The van der Waals surface area contributed by atoms with Crippen LogP contribution in [0.4, 0.5) is 0 Å². The van der Waals surface area contributed by atoms with Crippen molar-refractivity contribution in [2.24, 2.45) is 0 Å². The van der Waals surface area contributed by atoms with Crippen LogP contribution in [0.15, 0.2) is 12.2 Å². The molecule has 0 aromatic heterocycles. The standard InChI is InChI=1S/C5H10O3Si/c1-3-4-5(6)8-9-7-2/h3-4H,9H2,1-2H3. The van der Waals surface area contributed by atoms with Crippen LogP contribution in [0, 0.1) is 0 Å². The molecule has 0 amide bonds. The van der Waals surface area contributed by atoms with Crippen LogP contribution in [0.2, 0.25) is 0 Å². The quantitative estimate of drug-likeness (QED) is 0.407. The van der Waals surface area contributed by atoms with E-state index in [0.29, 0.717) is 0 Å². The second kappa shape index (κ2) is 5.52. The Morgan fingerprint density at radius 1 is 1.67 bits per heavy atom. The molecule has 4 heteroatoms. The van der Waals surface area contributed by atoms with Gasteiger partial charge >= 0.3 is 16.0 Å². The first-order chi connectivity index (χ1) is 4.31. The summed E-state index contributed by atoms with van der Waals surface area (Å²) in [7, 11) is 0.476. The van der Waals surface area contributed by atoms with Crippen molar-refractivity contribution < 1.29 is 13.6 Å². The lowest BCUT2D eigenvalue weighted by atomic mass is 10.5. The van der Waals surface area contributed by atoms with Gasteiger partial charge in [0, 0.05) is 13.2 Å². The summed E-state index contributed by atoms with van der Waals surface area (Å²) in [6.45, 7) is 1.76. The van der Waals surface area contributed by atoms with Crippen LogP contribution in [0.5, 0.6) is 0 Å². The minimum Gasteiger partial charge on any atom is -0.496 e. The predicted octanol–water partition coefficient (Wildman–Crippen LogP) is -0.249. The van der Waals surface area contributed by atoms with Crippen molar-refractivity contribution in [3.63, 3.8) is 0 Å². The van der Waals surface area contributed by atoms with E-state index in [0.717, 1.165) is 0 Å². The van der Waals surface area contributed by atoms with Crippen molar-refractivity contribution >= 4 is 16.0 Å². The third-order valence-corrected chi connectivity index (χ3v) is 1.26. The van der Waals surface area contributed by atoms with E-state index in [9.17, 15) is 4.79 Å². The average Bonchev–Trinajstić information content (AvgIpc) is 1.85. The lowest BCUT2D eigenvalue weighted by Crippen LogP contribution is -2.06. The number of hydrogen-bond donors (Lipinski definition) is 0. The molecule has 0 rings (SSSR count). The van der Waals surface area contributed by atoms with E-state index in [2.05, 4.69) is 8.85 Å². The Labute approximate surface area is 56.7 Å². The van der Waals surface area contributed by atoms with Gasteiger partial charge in [-0.15, -0.1) is 0 Å². The summed E-state index contributed by atoms with van der Waals surface area (Å²) in [5, 5.41) is 0. The van der Waals surface area contributed by atoms with Crippen LogP contribution >= 0.6 is 0 Å². The van der Waals surface area contributed by atoms with E-state index in [4.69, 9.17) is 0 Å². The molecule has 0 aliphatic rings. The molecule has 9 heavy (non-hydrogen) atoms. The molecule has 52 valence electrons. The molecule has 0 saturated carbocycles. The summed E-state index contributed by atoms with van der Waals surface area (Å²) in [6, 6.07) is 0. The van der Waals surface area contributed by atoms with Gasteiger partial charge in [0.2, 0.25) is 0 Å². The minimum atomic E-state index is -1.05. The van der Waals surface area contributed by atoms with E-state index in [-0.39, 0.29) is 5.97 Å². The maximum absolute atomic E-state index is 10.4. The third kappa shape index (κ3) is 5.25. The predicted molar refractivity (Wildman–Crippen MR) is 36.5 cm³/mol. The largest absolute Gasteiger partial charge is 0.496 e. The fourth-order valence-electron chi connectivity index (χ4n) is 0.301. The van der Waals surface area contributed by atoms with Gasteiger partial charge in [-0.2, -0.15) is 0 Å². The van der Waals surface area contributed by atoms with Crippen LogP contribution in [-0.4, -0.2) is 23.1 Å². The zero-order valence-electron chi connectivity index (χ0n) is 5.59. The Hall–Kier alpha value is -0.613. The number of hydrogen-bond acceptors (Lipinski definition) is 3. The van der Waals surface area contributed by atoms with Crippen LogP contribution < -0.4 is 0 Å². The second-order valence-corrected chi connectivity index (χ2v) is 2.47. The molecule has 0 aromatic carbocycles. The highest BCUT2D eigenvalue weighted by molar-refractivity contribution is 6.23. The fourth-order valence-corrected chi connectivity index (χ4v) is 0.631. The Morgan fingerprint density at radius 2 is 2.33 bits per heavy atom. The van der Waals surface area contributed by atoms with Crippen molar-refractivity contribution in [1.29, 1.82) is 0 Å². The van der Waals surface area contributed by atoms with E-state index >= 15 is 0 Å². The van der Waals surface area contributed by atoms with Crippen LogP contribution in [0.25, 0.3) is 0 Å². The molecule has 0 radical (unpaired) electrons. The van der Waals surface area contributed by atoms with Crippen LogP contribution in [0.1, 0.15) is 6.92 Å². The number of carbonyl (C=O) groups excluding carboxylic acids is 1. The van der Waals surface area contributed by atoms with Crippen molar-refractivity contribution in [2.75, 3.05) is 7.11 Å². The first-order valence-electron chi connectivity index (χ1n) is 2.59. The molecule has 0 bridgehead atoms. The molecule has 0 atom stereocenters. The molecule has 0 spiro atoms. The Bertz CT molecular complexity index is 111. The van der Waals surface area contributed by atoms with Gasteiger partial charge < -0.3 is 8.85 Å². The van der Waals surface area contributed by atoms with Gasteiger partial charge in [-0.25, -0.2) is 4.79 Å².